The molecule has 0 aromatic heterocycles. The van der Waals surface area contributed by atoms with Crippen molar-refractivity contribution in [3.05, 3.63) is 58.1 Å². The molecule has 4 nitrogen and oxygen atoms in total. The van der Waals surface area contributed by atoms with Crippen molar-refractivity contribution < 1.29 is 14.7 Å². The van der Waals surface area contributed by atoms with Crippen LogP contribution in [-0.2, 0) is 6.61 Å². The topological polar surface area (TPSA) is 51.0 Å². The van der Waals surface area contributed by atoms with Crippen LogP contribution in [0.2, 0.25) is 0 Å². The van der Waals surface area contributed by atoms with Gasteiger partial charge in [0.15, 0.2) is 11.5 Å². The molecular weight excluding hydrogens is 322 g/mol. The molecule has 0 aliphatic rings. The molecule has 2 rings (SSSR count). The lowest BCUT2D eigenvalue weighted by molar-refractivity contribution is 0.282. The van der Waals surface area contributed by atoms with E-state index in [1.807, 2.05) is 30.3 Å². The van der Waals surface area contributed by atoms with Crippen molar-refractivity contribution in [3.8, 4) is 11.5 Å². The Labute approximate surface area is 125 Å². The number of methoxy groups -OCH3 is 1. The molecule has 0 spiro atoms. The Morgan fingerprint density at radius 1 is 1.25 bits per heavy atom. The molecule has 0 atom stereocenters. The average Bonchev–Trinajstić information content (AvgIpc) is 2.47. The molecule has 5 heteroatoms. The molecule has 0 heterocycles. The van der Waals surface area contributed by atoms with Gasteiger partial charge in [-0.1, -0.05) is 35.5 Å². The maximum Gasteiger partial charge on any atom is 0.175 e. The van der Waals surface area contributed by atoms with Gasteiger partial charge in [-0.15, -0.1) is 0 Å². The smallest absolute Gasteiger partial charge is 0.175 e. The van der Waals surface area contributed by atoms with E-state index in [1.165, 1.54) is 6.21 Å². The summed E-state index contributed by atoms with van der Waals surface area (Å²) < 4.78 is 11.8. The summed E-state index contributed by atoms with van der Waals surface area (Å²) in [6.07, 6.45) is 1.33. The largest absolute Gasteiger partial charge is 0.493 e. The summed E-state index contributed by atoms with van der Waals surface area (Å²) in [6.45, 7) is 0.448. The molecule has 0 radical (unpaired) electrons. The summed E-state index contributed by atoms with van der Waals surface area (Å²) in [5.74, 6) is 1.19. The van der Waals surface area contributed by atoms with Crippen LogP contribution < -0.4 is 9.47 Å². The zero-order valence-corrected chi connectivity index (χ0v) is 12.5. The van der Waals surface area contributed by atoms with Gasteiger partial charge in [0.25, 0.3) is 0 Å². The standard InChI is InChI=1S/C15H14BrNO3/c1-19-14-8-12(9-17-18)7-13(16)15(14)20-10-11-5-3-2-4-6-11/h2-9,18H,10H2,1H3. The SMILES string of the molecule is COc1cc(C=NO)cc(Br)c1OCc1ccccc1. The molecule has 2 aromatic rings. The molecule has 0 amide bonds. The second-order valence-electron chi connectivity index (χ2n) is 4.05. The van der Waals surface area contributed by atoms with E-state index in [9.17, 15) is 0 Å². The summed E-state index contributed by atoms with van der Waals surface area (Å²) in [4.78, 5) is 0. The third-order valence-electron chi connectivity index (χ3n) is 2.68. The lowest BCUT2D eigenvalue weighted by Crippen LogP contribution is -1.99. The fourth-order valence-electron chi connectivity index (χ4n) is 1.75. The van der Waals surface area contributed by atoms with E-state index in [-0.39, 0.29) is 0 Å². The molecule has 0 unspecified atom stereocenters. The molecule has 0 saturated carbocycles. The van der Waals surface area contributed by atoms with Crippen molar-refractivity contribution in [2.24, 2.45) is 5.16 Å². The number of halogens is 1. The predicted molar refractivity (Wildman–Crippen MR) is 80.8 cm³/mol. The van der Waals surface area contributed by atoms with Gasteiger partial charge in [0.05, 0.1) is 17.8 Å². The highest BCUT2D eigenvalue weighted by molar-refractivity contribution is 9.10. The first-order valence-corrected chi connectivity index (χ1v) is 6.75. The quantitative estimate of drug-likeness (QED) is 0.513. The summed E-state index contributed by atoms with van der Waals surface area (Å²) >= 11 is 3.43. The van der Waals surface area contributed by atoms with Gasteiger partial charge < -0.3 is 14.7 Å². The Kier molecular flexibility index (Phi) is 5.01. The van der Waals surface area contributed by atoms with E-state index in [0.29, 0.717) is 23.7 Å². The maximum atomic E-state index is 8.58. The minimum absolute atomic E-state index is 0.448. The van der Waals surface area contributed by atoms with Gasteiger partial charge in [0, 0.05) is 5.56 Å². The number of hydrogen-bond donors (Lipinski definition) is 1. The van der Waals surface area contributed by atoms with E-state index < -0.39 is 0 Å². The first-order valence-electron chi connectivity index (χ1n) is 5.96. The highest BCUT2D eigenvalue weighted by Crippen LogP contribution is 2.36. The third kappa shape index (κ3) is 3.51. The second kappa shape index (κ2) is 6.96. The summed E-state index contributed by atoms with van der Waals surface area (Å²) in [5.41, 5.74) is 1.78. The molecule has 0 bridgehead atoms. The van der Waals surface area contributed by atoms with Gasteiger partial charge >= 0.3 is 0 Å². The van der Waals surface area contributed by atoms with Crippen LogP contribution in [0.25, 0.3) is 0 Å². The molecule has 104 valence electrons. The van der Waals surface area contributed by atoms with Crippen molar-refractivity contribution in [1.82, 2.24) is 0 Å². The van der Waals surface area contributed by atoms with Gasteiger partial charge in [-0.2, -0.15) is 0 Å². The van der Waals surface area contributed by atoms with Gasteiger partial charge in [-0.05, 0) is 33.6 Å². The zero-order valence-electron chi connectivity index (χ0n) is 10.9. The second-order valence-corrected chi connectivity index (χ2v) is 4.91. The number of hydrogen-bond acceptors (Lipinski definition) is 4. The Bertz CT molecular complexity index is 600. The molecule has 0 aliphatic carbocycles. The minimum Gasteiger partial charge on any atom is -0.493 e. The monoisotopic (exact) mass is 335 g/mol. The summed E-state index contributed by atoms with van der Waals surface area (Å²) in [7, 11) is 1.57. The van der Waals surface area contributed by atoms with E-state index in [0.717, 1.165) is 10.0 Å². The van der Waals surface area contributed by atoms with Crippen molar-refractivity contribution in [2.45, 2.75) is 6.61 Å². The molecule has 0 fully saturated rings. The first-order chi connectivity index (χ1) is 9.74. The van der Waals surface area contributed by atoms with Gasteiger partial charge in [-0.3, -0.25) is 0 Å². The Hall–Kier alpha value is -2.01. The van der Waals surface area contributed by atoms with E-state index >= 15 is 0 Å². The number of rotatable bonds is 5. The van der Waals surface area contributed by atoms with Gasteiger partial charge in [0.1, 0.15) is 6.61 Å². The molecule has 1 N–H and O–H groups in total. The lowest BCUT2D eigenvalue weighted by atomic mass is 10.2. The molecule has 0 saturated heterocycles. The van der Waals surface area contributed by atoms with Crippen LogP contribution in [-0.4, -0.2) is 18.5 Å². The minimum atomic E-state index is 0.448. The highest BCUT2D eigenvalue weighted by Gasteiger charge is 2.11. The van der Waals surface area contributed by atoms with Crippen molar-refractivity contribution in [1.29, 1.82) is 0 Å². The van der Waals surface area contributed by atoms with Crippen LogP contribution in [0.1, 0.15) is 11.1 Å². The summed E-state index contributed by atoms with van der Waals surface area (Å²) in [6, 6.07) is 13.4. The van der Waals surface area contributed by atoms with Crippen molar-refractivity contribution >= 4 is 22.1 Å². The maximum absolute atomic E-state index is 8.58. The lowest BCUT2D eigenvalue weighted by Gasteiger charge is -2.13. The number of ether oxygens (including phenoxy) is 2. The van der Waals surface area contributed by atoms with Crippen molar-refractivity contribution in [3.63, 3.8) is 0 Å². The van der Waals surface area contributed by atoms with Crippen molar-refractivity contribution in [2.75, 3.05) is 7.11 Å². The fourth-order valence-corrected chi connectivity index (χ4v) is 2.32. The van der Waals surface area contributed by atoms with E-state index in [4.69, 9.17) is 14.7 Å². The Balaban J connectivity index is 2.22. The highest BCUT2D eigenvalue weighted by atomic mass is 79.9. The van der Waals surface area contributed by atoms with Gasteiger partial charge in [0.2, 0.25) is 0 Å². The van der Waals surface area contributed by atoms with Crippen LogP contribution >= 0.6 is 15.9 Å². The van der Waals surface area contributed by atoms with Crippen LogP contribution in [0.4, 0.5) is 0 Å². The fraction of sp³-hybridized carbons (Fsp3) is 0.133. The average molecular weight is 336 g/mol. The molecule has 2 aromatic carbocycles. The molecular formula is C15H14BrNO3. The Morgan fingerprint density at radius 3 is 2.65 bits per heavy atom. The number of benzene rings is 2. The van der Waals surface area contributed by atoms with E-state index in [2.05, 4.69) is 21.1 Å². The molecule has 0 aliphatic heterocycles. The summed E-state index contributed by atoms with van der Waals surface area (Å²) in [5, 5.41) is 11.6. The van der Waals surface area contributed by atoms with Crippen LogP contribution in [0.15, 0.2) is 52.1 Å². The van der Waals surface area contributed by atoms with E-state index in [1.54, 1.807) is 19.2 Å². The van der Waals surface area contributed by atoms with Crippen LogP contribution in [0.3, 0.4) is 0 Å². The van der Waals surface area contributed by atoms with Crippen LogP contribution in [0, 0.1) is 0 Å². The zero-order chi connectivity index (χ0) is 14.4. The van der Waals surface area contributed by atoms with Crippen LogP contribution in [0.5, 0.6) is 11.5 Å². The predicted octanol–water partition coefficient (Wildman–Crippen LogP) is 3.84. The first kappa shape index (κ1) is 14.4. The number of nitrogens with zero attached hydrogens (tertiary/aromatic N) is 1. The van der Waals surface area contributed by atoms with Gasteiger partial charge in [-0.25, -0.2) is 0 Å². The number of oxime groups is 1. The third-order valence-corrected chi connectivity index (χ3v) is 3.27. The molecule has 20 heavy (non-hydrogen) atoms. The normalized spacial score (nSPS) is 10.7. The Morgan fingerprint density at radius 2 is 2.00 bits per heavy atom.